The van der Waals surface area contributed by atoms with E-state index < -0.39 is 11.9 Å². The average molecular weight is 254 g/mol. The number of hydrogen-bond acceptors (Lipinski definition) is 2. The van der Waals surface area contributed by atoms with Gasteiger partial charge in [0.1, 0.15) is 0 Å². The van der Waals surface area contributed by atoms with Crippen molar-refractivity contribution in [2.24, 2.45) is 11.3 Å². The van der Waals surface area contributed by atoms with Gasteiger partial charge < -0.3 is 9.84 Å². The lowest BCUT2D eigenvalue weighted by atomic mass is 9.78. The van der Waals surface area contributed by atoms with Crippen LogP contribution in [0.2, 0.25) is 0 Å². The van der Waals surface area contributed by atoms with Crippen molar-refractivity contribution in [2.45, 2.75) is 40.2 Å². The van der Waals surface area contributed by atoms with Crippen molar-refractivity contribution in [3.05, 3.63) is 29.6 Å². The standard InChI is InChI=1S/C15H23FO2/c1-10(15(2,3)4)9-12(17)11-7-6-8-13(18-5)14(11)16/h6-8,10,12,17H,9H2,1-5H3. The Bertz CT molecular complexity index is 396. The number of benzene rings is 1. The van der Waals surface area contributed by atoms with Crippen LogP contribution < -0.4 is 4.74 Å². The fourth-order valence-electron chi connectivity index (χ4n) is 1.76. The van der Waals surface area contributed by atoms with Crippen LogP contribution in [0.4, 0.5) is 4.39 Å². The van der Waals surface area contributed by atoms with Crippen molar-refractivity contribution >= 4 is 0 Å². The van der Waals surface area contributed by atoms with Crippen LogP contribution in [0.3, 0.4) is 0 Å². The predicted octanol–water partition coefficient (Wildman–Crippen LogP) is 3.94. The highest BCUT2D eigenvalue weighted by Gasteiger charge is 2.25. The van der Waals surface area contributed by atoms with Crippen LogP contribution in [0.1, 0.15) is 45.8 Å². The summed E-state index contributed by atoms with van der Waals surface area (Å²) >= 11 is 0. The molecule has 2 atom stereocenters. The summed E-state index contributed by atoms with van der Waals surface area (Å²) in [6, 6.07) is 4.86. The van der Waals surface area contributed by atoms with Crippen LogP contribution in [-0.2, 0) is 0 Å². The summed E-state index contributed by atoms with van der Waals surface area (Å²) in [4.78, 5) is 0. The first-order valence-electron chi connectivity index (χ1n) is 6.27. The molecule has 2 nitrogen and oxygen atoms in total. The third kappa shape index (κ3) is 3.45. The topological polar surface area (TPSA) is 29.5 Å². The molecular weight excluding hydrogens is 231 g/mol. The second-order valence-electron chi connectivity index (χ2n) is 5.88. The second-order valence-corrected chi connectivity index (χ2v) is 5.88. The number of rotatable bonds is 4. The molecule has 0 heterocycles. The highest BCUT2D eigenvalue weighted by molar-refractivity contribution is 5.32. The molecule has 1 aromatic carbocycles. The molecule has 0 bridgehead atoms. The number of halogens is 1. The van der Waals surface area contributed by atoms with Gasteiger partial charge in [-0.05, 0) is 23.8 Å². The van der Waals surface area contributed by atoms with E-state index in [1.807, 2.05) is 0 Å². The molecule has 1 N–H and O–H groups in total. The minimum absolute atomic E-state index is 0.0936. The summed E-state index contributed by atoms with van der Waals surface area (Å²) in [5, 5.41) is 10.2. The van der Waals surface area contributed by atoms with Crippen molar-refractivity contribution in [2.75, 3.05) is 7.11 Å². The Kier molecular flexibility index (Phi) is 4.74. The van der Waals surface area contributed by atoms with E-state index in [2.05, 4.69) is 27.7 Å². The molecule has 102 valence electrons. The molecular formula is C15H23FO2. The third-order valence-electron chi connectivity index (χ3n) is 3.63. The maximum atomic E-state index is 14.0. The zero-order valence-electron chi connectivity index (χ0n) is 11.8. The van der Waals surface area contributed by atoms with Crippen molar-refractivity contribution in [3.63, 3.8) is 0 Å². The van der Waals surface area contributed by atoms with E-state index in [4.69, 9.17) is 4.74 Å². The van der Waals surface area contributed by atoms with Gasteiger partial charge in [-0.25, -0.2) is 4.39 Å². The minimum Gasteiger partial charge on any atom is -0.494 e. The van der Waals surface area contributed by atoms with Gasteiger partial charge in [-0.2, -0.15) is 0 Å². The number of hydrogen-bond donors (Lipinski definition) is 1. The Balaban J connectivity index is 2.88. The maximum absolute atomic E-state index is 14.0. The van der Waals surface area contributed by atoms with E-state index in [1.54, 1.807) is 18.2 Å². The fourth-order valence-corrected chi connectivity index (χ4v) is 1.76. The first kappa shape index (κ1) is 15.0. The minimum atomic E-state index is -0.797. The second kappa shape index (κ2) is 5.70. The monoisotopic (exact) mass is 254 g/mol. The van der Waals surface area contributed by atoms with Crippen LogP contribution in [0.5, 0.6) is 5.75 Å². The van der Waals surface area contributed by atoms with Gasteiger partial charge in [-0.1, -0.05) is 39.8 Å². The summed E-state index contributed by atoms with van der Waals surface area (Å²) in [7, 11) is 1.42. The van der Waals surface area contributed by atoms with Gasteiger partial charge in [0.25, 0.3) is 0 Å². The lowest BCUT2D eigenvalue weighted by molar-refractivity contribution is 0.107. The molecule has 3 heteroatoms. The molecule has 2 unspecified atom stereocenters. The Labute approximate surface area is 109 Å². The van der Waals surface area contributed by atoms with E-state index in [-0.39, 0.29) is 17.1 Å². The molecule has 0 aliphatic rings. The zero-order chi connectivity index (χ0) is 13.9. The van der Waals surface area contributed by atoms with E-state index in [1.165, 1.54) is 7.11 Å². The van der Waals surface area contributed by atoms with Gasteiger partial charge >= 0.3 is 0 Å². The van der Waals surface area contributed by atoms with Gasteiger partial charge in [0, 0.05) is 5.56 Å². The smallest absolute Gasteiger partial charge is 0.170 e. The van der Waals surface area contributed by atoms with Gasteiger partial charge in [-0.15, -0.1) is 0 Å². The lowest BCUT2D eigenvalue weighted by Gasteiger charge is -2.29. The first-order valence-corrected chi connectivity index (χ1v) is 6.27. The Morgan fingerprint density at radius 3 is 2.44 bits per heavy atom. The summed E-state index contributed by atoms with van der Waals surface area (Å²) in [6.45, 7) is 8.42. The van der Waals surface area contributed by atoms with Crippen molar-refractivity contribution in [1.82, 2.24) is 0 Å². The Hall–Kier alpha value is -1.09. The average Bonchev–Trinajstić information content (AvgIpc) is 2.27. The molecule has 1 rings (SSSR count). The molecule has 0 saturated heterocycles. The van der Waals surface area contributed by atoms with Gasteiger partial charge in [-0.3, -0.25) is 0 Å². The zero-order valence-corrected chi connectivity index (χ0v) is 11.8. The van der Waals surface area contributed by atoms with Gasteiger partial charge in [0.05, 0.1) is 13.2 Å². The van der Waals surface area contributed by atoms with Crippen LogP contribution in [0, 0.1) is 17.2 Å². The molecule has 0 fully saturated rings. The Morgan fingerprint density at radius 1 is 1.33 bits per heavy atom. The summed E-state index contributed by atoms with van der Waals surface area (Å²) in [6.07, 6.45) is -0.262. The number of ether oxygens (including phenoxy) is 1. The highest BCUT2D eigenvalue weighted by atomic mass is 19.1. The highest BCUT2D eigenvalue weighted by Crippen LogP contribution is 2.35. The molecule has 0 amide bonds. The summed E-state index contributed by atoms with van der Waals surface area (Å²) in [5.41, 5.74) is 0.404. The van der Waals surface area contributed by atoms with E-state index in [0.717, 1.165) is 0 Å². The molecule has 0 aromatic heterocycles. The largest absolute Gasteiger partial charge is 0.494 e. The van der Waals surface area contributed by atoms with Crippen LogP contribution in [0.15, 0.2) is 18.2 Å². The lowest BCUT2D eigenvalue weighted by Crippen LogP contribution is -2.20. The molecule has 0 aliphatic heterocycles. The van der Waals surface area contributed by atoms with Gasteiger partial charge in [0.15, 0.2) is 11.6 Å². The number of methoxy groups -OCH3 is 1. The summed E-state index contributed by atoms with van der Waals surface area (Å²) in [5.74, 6) is 0.00155. The van der Waals surface area contributed by atoms with Gasteiger partial charge in [0.2, 0.25) is 0 Å². The van der Waals surface area contributed by atoms with Crippen molar-refractivity contribution in [1.29, 1.82) is 0 Å². The van der Waals surface area contributed by atoms with E-state index in [9.17, 15) is 9.50 Å². The van der Waals surface area contributed by atoms with Crippen LogP contribution in [-0.4, -0.2) is 12.2 Å². The molecule has 0 saturated carbocycles. The number of aliphatic hydroxyl groups excluding tert-OH is 1. The fraction of sp³-hybridized carbons (Fsp3) is 0.600. The summed E-state index contributed by atoms with van der Waals surface area (Å²) < 4.78 is 18.9. The molecule has 0 aliphatic carbocycles. The third-order valence-corrected chi connectivity index (χ3v) is 3.63. The van der Waals surface area contributed by atoms with E-state index in [0.29, 0.717) is 12.0 Å². The normalized spacial score (nSPS) is 15.3. The molecule has 18 heavy (non-hydrogen) atoms. The number of aliphatic hydroxyl groups is 1. The molecule has 0 spiro atoms. The quantitative estimate of drug-likeness (QED) is 0.881. The van der Waals surface area contributed by atoms with Crippen molar-refractivity contribution < 1.29 is 14.2 Å². The van der Waals surface area contributed by atoms with Crippen molar-refractivity contribution in [3.8, 4) is 5.75 Å². The predicted molar refractivity (Wildman–Crippen MR) is 71.1 cm³/mol. The SMILES string of the molecule is COc1cccc(C(O)CC(C)C(C)(C)C)c1F. The van der Waals surface area contributed by atoms with Crippen LogP contribution >= 0.6 is 0 Å². The maximum Gasteiger partial charge on any atom is 0.170 e. The Morgan fingerprint density at radius 2 is 1.94 bits per heavy atom. The first-order chi connectivity index (χ1) is 8.27. The van der Waals surface area contributed by atoms with E-state index >= 15 is 0 Å². The molecule has 0 radical (unpaired) electrons. The van der Waals surface area contributed by atoms with Crippen LogP contribution in [0.25, 0.3) is 0 Å². The molecule has 1 aromatic rings.